The van der Waals surface area contributed by atoms with Gasteiger partial charge >= 0.3 is 0 Å². The summed E-state index contributed by atoms with van der Waals surface area (Å²) in [5.41, 5.74) is 0.0615. The van der Waals surface area contributed by atoms with Gasteiger partial charge in [-0.3, -0.25) is 4.79 Å². The average Bonchev–Trinajstić information content (AvgIpc) is 2.27. The first kappa shape index (κ1) is 14.0. The van der Waals surface area contributed by atoms with Crippen molar-refractivity contribution >= 4 is 17.5 Å². The standard InChI is InChI=1S/C13H17ClFNO/c1-9(2)7-10(8-14)16-13(17)11-5-3-4-6-12(11)15/h3-6,9-10H,7-8H2,1-2H3,(H,16,17). The van der Waals surface area contributed by atoms with Crippen molar-refractivity contribution in [2.24, 2.45) is 5.92 Å². The first-order valence-electron chi connectivity index (χ1n) is 5.66. The highest BCUT2D eigenvalue weighted by Crippen LogP contribution is 2.10. The van der Waals surface area contributed by atoms with Crippen LogP contribution in [-0.2, 0) is 0 Å². The van der Waals surface area contributed by atoms with Crippen LogP contribution in [0.3, 0.4) is 0 Å². The molecule has 1 aromatic carbocycles. The van der Waals surface area contributed by atoms with Crippen molar-refractivity contribution in [2.45, 2.75) is 26.3 Å². The second-order valence-corrected chi connectivity index (χ2v) is 4.74. The molecular formula is C13H17ClFNO. The van der Waals surface area contributed by atoms with E-state index in [9.17, 15) is 9.18 Å². The molecule has 4 heteroatoms. The number of nitrogens with one attached hydrogen (secondary N) is 1. The molecule has 0 saturated heterocycles. The van der Waals surface area contributed by atoms with Gasteiger partial charge in [0.25, 0.3) is 5.91 Å². The summed E-state index contributed by atoms with van der Waals surface area (Å²) in [6.45, 7) is 4.10. The summed E-state index contributed by atoms with van der Waals surface area (Å²) in [4.78, 5) is 11.8. The van der Waals surface area contributed by atoms with Crippen LogP contribution < -0.4 is 5.32 Å². The van der Waals surface area contributed by atoms with Gasteiger partial charge in [-0.1, -0.05) is 26.0 Å². The first-order valence-corrected chi connectivity index (χ1v) is 6.19. The van der Waals surface area contributed by atoms with Crippen LogP contribution in [0.5, 0.6) is 0 Å². The molecule has 17 heavy (non-hydrogen) atoms. The Kier molecular flexibility index (Phi) is 5.42. The van der Waals surface area contributed by atoms with Gasteiger partial charge in [-0.05, 0) is 24.5 Å². The molecule has 1 unspecified atom stereocenters. The summed E-state index contributed by atoms with van der Waals surface area (Å²) in [6.07, 6.45) is 0.781. The van der Waals surface area contributed by atoms with Crippen LogP contribution in [0.4, 0.5) is 4.39 Å². The lowest BCUT2D eigenvalue weighted by molar-refractivity contribution is 0.0932. The molecule has 2 nitrogen and oxygen atoms in total. The fourth-order valence-corrected chi connectivity index (χ4v) is 1.84. The van der Waals surface area contributed by atoms with Crippen molar-refractivity contribution in [3.05, 3.63) is 35.6 Å². The number of rotatable bonds is 5. The normalized spacial score (nSPS) is 12.5. The van der Waals surface area contributed by atoms with E-state index in [-0.39, 0.29) is 11.6 Å². The zero-order valence-electron chi connectivity index (χ0n) is 10.0. The molecule has 0 aromatic heterocycles. The fourth-order valence-electron chi connectivity index (χ4n) is 1.64. The Labute approximate surface area is 106 Å². The van der Waals surface area contributed by atoms with Crippen LogP contribution >= 0.6 is 11.6 Å². The van der Waals surface area contributed by atoms with E-state index in [1.54, 1.807) is 12.1 Å². The third kappa shape index (κ3) is 4.35. The maximum atomic E-state index is 13.4. The number of benzene rings is 1. The summed E-state index contributed by atoms with van der Waals surface area (Å²) < 4.78 is 13.4. The highest BCUT2D eigenvalue weighted by atomic mass is 35.5. The summed E-state index contributed by atoms with van der Waals surface area (Å²) in [7, 11) is 0. The number of hydrogen-bond donors (Lipinski definition) is 1. The van der Waals surface area contributed by atoms with Gasteiger partial charge in [0, 0.05) is 11.9 Å². The quantitative estimate of drug-likeness (QED) is 0.807. The van der Waals surface area contributed by atoms with E-state index in [1.165, 1.54) is 12.1 Å². The minimum atomic E-state index is -0.511. The van der Waals surface area contributed by atoms with Crippen molar-refractivity contribution < 1.29 is 9.18 Å². The second-order valence-electron chi connectivity index (χ2n) is 4.43. The van der Waals surface area contributed by atoms with Crippen molar-refractivity contribution in [1.29, 1.82) is 0 Å². The smallest absolute Gasteiger partial charge is 0.254 e. The van der Waals surface area contributed by atoms with E-state index in [0.29, 0.717) is 11.8 Å². The number of hydrogen-bond acceptors (Lipinski definition) is 1. The summed E-state index contributed by atoms with van der Waals surface area (Å²) in [5.74, 6) is -0.157. The molecule has 0 heterocycles. The van der Waals surface area contributed by atoms with Crippen LogP contribution in [0.1, 0.15) is 30.6 Å². The molecule has 1 rings (SSSR count). The molecule has 1 N–H and O–H groups in total. The van der Waals surface area contributed by atoms with Crippen molar-refractivity contribution in [3.63, 3.8) is 0 Å². The van der Waals surface area contributed by atoms with E-state index in [1.807, 2.05) is 0 Å². The zero-order valence-corrected chi connectivity index (χ0v) is 10.8. The van der Waals surface area contributed by atoms with E-state index < -0.39 is 11.7 Å². The lowest BCUT2D eigenvalue weighted by atomic mass is 10.0. The van der Waals surface area contributed by atoms with Crippen molar-refractivity contribution in [1.82, 2.24) is 5.32 Å². The maximum absolute atomic E-state index is 13.4. The topological polar surface area (TPSA) is 29.1 Å². The van der Waals surface area contributed by atoms with Gasteiger partial charge in [-0.2, -0.15) is 0 Å². The summed E-state index contributed by atoms with van der Waals surface area (Å²) in [6, 6.07) is 5.80. The second kappa shape index (κ2) is 6.60. The van der Waals surface area contributed by atoms with Crippen molar-refractivity contribution in [2.75, 3.05) is 5.88 Å². The van der Waals surface area contributed by atoms with Gasteiger partial charge in [0.15, 0.2) is 0 Å². The Balaban J connectivity index is 2.68. The van der Waals surface area contributed by atoms with Crippen LogP contribution in [0, 0.1) is 11.7 Å². The van der Waals surface area contributed by atoms with Gasteiger partial charge in [0.2, 0.25) is 0 Å². The Morgan fingerprint density at radius 1 is 1.41 bits per heavy atom. The molecule has 0 spiro atoms. The number of carbonyl (C=O) groups excluding carboxylic acids is 1. The zero-order chi connectivity index (χ0) is 12.8. The van der Waals surface area contributed by atoms with Gasteiger partial charge in [0.1, 0.15) is 5.82 Å². The largest absolute Gasteiger partial charge is 0.348 e. The predicted octanol–water partition coefficient (Wildman–Crippen LogP) is 3.21. The van der Waals surface area contributed by atoms with E-state index in [0.717, 1.165) is 6.42 Å². The maximum Gasteiger partial charge on any atom is 0.254 e. The number of carbonyl (C=O) groups is 1. The minimum Gasteiger partial charge on any atom is -0.348 e. The molecular weight excluding hydrogens is 241 g/mol. The molecule has 94 valence electrons. The molecule has 0 radical (unpaired) electrons. The Bertz CT molecular complexity index is 381. The average molecular weight is 258 g/mol. The van der Waals surface area contributed by atoms with Crippen LogP contribution in [0.15, 0.2) is 24.3 Å². The van der Waals surface area contributed by atoms with Gasteiger partial charge in [0.05, 0.1) is 5.56 Å². The Hall–Kier alpha value is -1.09. The fraction of sp³-hybridized carbons (Fsp3) is 0.462. The van der Waals surface area contributed by atoms with E-state index in [4.69, 9.17) is 11.6 Å². The predicted molar refractivity (Wildman–Crippen MR) is 67.8 cm³/mol. The highest BCUT2D eigenvalue weighted by Gasteiger charge is 2.16. The lowest BCUT2D eigenvalue weighted by Gasteiger charge is -2.18. The van der Waals surface area contributed by atoms with Crippen LogP contribution in [0.25, 0.3) is 0 Å². The molecule has 1 aromatic rings. The minimum absolute atomic E-state index is 0.0615. The van der Waals surface area contributed by atoms with Crippen molar-refractivity contribution in [3.8, 4) is 0 Å². The third-order valence-electron chi connectivity index (χ3n) is 2.40. The highest BCUT2D eigenvalue weighted by molar-refractivity contribution is 6.18. The van der Waals surface area contributed by atoms with Gasteiger partial charge < -0.3 is 5.32 Å². The van der Waals surface area contributed by atoms with Gasteiger partial charge in [-0.25, -0.2) is 4.39 Å². The van der Waals surface area contributed by atoms with Gasteiger partial charge in [-0.15, -0.1) is 11.6 Å². The number of halogens is 2. The van der Waals surface area contributed by atoms with E-state index in [2.05, 4.69) is 19.2 Å². The molecule has 0 aliphatic rings. The lowest BCUT2D eigenvalue weighted by Crippen LogP contribution is -2.37. The SMILES string of the molecule is CC(C)CC(CCl)NC(=O)c1ccccc1F. The monoisotopic (exact) mass is 257 g/mol. The first-order chi connectivity index (χ1) is 8.04. The Morgan fingerprint density at radius 2 is 2.06 bits per heavy atom. The van der Waals surface area contributed by atoms with E-state index >= 15 is 0 Å². The molecule has 1 amide bonds. The molecule has 0 saturated carbocycles. The molecule has 1 atom stereocenters. The molecule has 0 aliphatic carbocycles. The summed E-state index contributed by atoms with van der Waals surface area (Å²) in [5, 5.41) is 2.74. The molecule has 0 fully saturated rings. The van der Waals surface area contributed by atoms with Crippen LogP contribution in [0.2, 0.25) is 0 Å². The number of amides is 1. The third-order valence-corrected chi connectivity index (χ3v) is 2.77. The molecule has 0 aliphatic heterocycles. The summed E-state index contributed by atoms with van der Waals surface area (Å²) >= 11 is 5.77. The molecule has 0 bridgehead atoms. The Morgan fingerprint density at radius 3 is 2.59 bits per heavy atom. The number of alkyl halides is 1. The van der Waals surface area contributed by atoms with Crippen LogP contribution in [-0.4, -0.2) is 17.8 Å².